The molecular weight excluding hydrogens is 344 g/mol. The highest BCUT2D eigenvalue weighted by Crippen LogP contribution is 2.23. The van der Waals surface area contributed by atoms with Crippen LogP contribution in [0.15, 0.2) is 82.3 Å². The maximum atomic E-state index is 10.9. The monoisotopic (exact) mass is 362 g/mol. The van der Waals surface area contributed by atoms with Crippen LogP contribution >= 0.6 is 0 Å². The number of nitro groups is 1. The predicted octanol–water partition coefficient (Wildman–Crippen LogP) is 3.87. The molecule has 0 N–H and O–H groups in total. The summed E-state index contributed by atoms with van der Waals surface area (Å²) in [6, 6.07) is 23.0. The second-order valence-corrected chi connectivity index (χ2v) is 6.29. The van der Waals surface area contributed by atoms with Crippen LogP contribution in [0.2, 0.25) is 0 Å². The van der Waals surface area contributed by atoms with Crippen molar-refractivity contribution >= 4 is 17.3 Å². The molecule has 136 valence electrons. The molecule has 0 amide bonds. The third-order valence-electron chi connectivity index (χ3n) is 4.31. The van der Waals surface area contributed by atoms with Gasteiger partial charge in [0.1, 0.15) is 10.6 Å². The van der Waals surface area contributed by atoms with Gasteiger partial charge in [0.15, 0.2) is 5.76 Å². The number of para-hydroxylation sites is 1. The zero-order valence-electron chi connectivity index (χ0n) is 14.6. The van der Waals surface area contributed by atoms with Crippen molar-refractivity contribution in [3.05, 3.63) is 94.2 Å². The lowest BCUT2D eigenvalue weighted by atomic mass is 10.2. The van der Waals surface area contributed by atoms with Crippen LogP contribution in [0, 0.1) is 10.1 Å². The van der Waals surface area contributed by atoms with Crippen LogP contribution in [0.4, 0.5) is 11.6 Å². The molecule has 2 heterocycles. The van der Waals surface area contributed by atoms with Crippen molar-refractivity contribution in [2.75, 3.05) is 18.2 Å². The molecule has 0 saturated heterocycles. The fourth-order valence-electron chi connectivity index (χ4n) is 3.06. The van der Waals surface area contributed by atoms with Crippen LogP contribution in [-0.2, 0) is 6.54 Å². The molecule has 7 heteroatoms. The van der Waals surface area contributed by atoms with E-state index in [1.807, 2.05) is 53.5 Å². The SMILES string of the molecule is O=[N+]([O-])c1ccc(C2=NN(c3ccccc3)CN(Cc3ccccc3)C2)o1. The minimum atomic E-state index is -0.538. The van der Waals surface area contributed by atoms with E-state index in [0.717, 1.165) is 12.2 Å². The van der Waals surface area contributed by atoms with Crippen LogP contribution in [0.1, 0.15) is 11.3 Å². The fourth-order valence-corrected chi connectivity index (χ4v) is 3.06. The van der Waals surface area contributed by atoms with Crippen molar-refractivity contribution in [2.24, 2.45) is 5.10 Å². The number of hydrogen-bond acceptors (Lipinski definition) is 6. The third kappa shape index (κ3) is 3.88. The molecule has 2 aromatic carbocycles. The normalized spacial score (nSPS) is 14.8. The van der Waals surface area contributed by atoms with Gasteiger partial charge in [-0.05, 0) is 23.8 Å². The quantitative estimate of drug-likeness (QED) is 0.509. The molecule has 0 atom stereocenters. The van der Waals surface area contributed by atoms with Gasteiger partial charge in [-0.25, -0.2) is 0 Å². The van der Waals surface area contributed by atoms with E-state index >= 15 is 0 Å². The Hall–Kier alpha value is -3.45. The van der Waals surface area contributed by atoms with Gasteiger partial charge >= 0.3 is 5.88 Å². The number of hydrazone groups is 1. The molecule has 1 aliphatic rings. The molecular formula is C20H18N4O3. The van der Waals surface area contributed by atoms with Gasteiger partial charge in [-0.2, -0.15) is 5.10 Å². The van der Waals surface area contributed by atoms with Crippen LogP contribution in [-0.4, -0.2) is 28.7 Å². The summed E-state index contributed by atoms with van der Waals surface area (Å²) in [5, 5.41) is 17.5. The van der Waals surface area contributed by atoms with Gasteiger partial charge in [0.25, 0.3) is 0 Å². The Morgan fingerprint density at radius 1 is 1.00 bits per heavy atom. The van der Waals surface area contributed by atoms with Crippen LogP contribution in [0.3, 0.4) is 0 Å². The highest BCUT2D eigenvalue weighted by molar-refractivity contribution is 6.01. The van der Waals surface area contributed by atoms with Crippen LogP contribution < -0.4 is 5.01 Å². The first kappa shape index (κ1) is 17.0. The molecule has 7 nitrogen and oxygen atoms in total. The zero-order valence-corrected chi connectivity index (χ0v) is 14.6. The van der Waals surface area contributed by atoms with Gasteiger partial charge in [0.05, 0.1) is 18.4 Å². The second kappa shape index (κ2) is 7.43. The summed E-state index contributed by atoms with van der Waals surface area (Å²) in [7, 11) is 0. The Morgan fingerprint density at radius 3 is 2.37 bits per heavy atom. The number of rotatable bonds is 5. The van der Waals surface area contributed by atoms with Crippen molar-refractivity contribution in [2.45, 2.75) is 6.54 Å². The molecule has 27 heavy (non-hydrogen) atoms. The van der Waals surface area contributed by atoms with E-state index in [-0.39, 0.29) is 5.88 Å². The zero-order chi connectivity index (χ0) is 18.6. The van der Waals surface area contributed by atoms with E-state index in [1.54, 1.807) is 6.07 Å². The molecule has 4 rings (SSSR count). The summed E-state index contributed by atoms with van der Waals surface area (Å²) < 4.78 is 5.38. The summed E-state index contributed by atoms with van der Waals surface area (Å²) in [4.78, 5) is 12.6. The Morgan fingerprint density at radius 2 is 1.70 bits per heavy atom. The van der Waals surface area contributed by atoms with Gasteiger partial charge in [0, 0.05) is 13.1 Å². The third-order valence-corrected chi connectivity index (χ3v) is 4.31. The summed E-state index contributed by atoms with van der Waals surface area (Å²) in [5.74, 6) is 0.138. The number of furan rings is 1. The first-order valence-electron chi connectivity index (χ1n) is 8.60. The van der Waals surface area contributed by atoms with Gasteiger partial charge in [0.2, 0.25) is 0 Å². The van der Waals surface area contributed by atoms with Crippen molar-refractivity contribution in [1.29, 1.82) is 0 Å². The minimum absolute atomic E-state index is 0.279. The summed E-state index contributed by atoms with van der Waals surface area (Å²) in [6.45, 7) is 1.90. The average molecular weight is 362 g/mol. The Bertz CT molecular complexity index is 954. The highest BCUT2D eigenvalue weighted by atomic mass is 16.6. The molecule has 0 fully saturated rings. The minimum Gasteiger partial charge on any atom is -0.399 e. The lowest BCUT2D eigenvalue weighted by Gasteiger charge is -2.33. The molecule has 0 aliphatic carbocycles. The summed E-state index contributed by atoms with van der Waals surface area (Å²) in [6.07, 6.45) is 0. The first-order chi connectivity index (χ1) is 13.2. The van der Waals surface area contributed by atoms with Gasteiger partial charge in [-0.15, -0.1) is 0 Å². The van der Waals surface area contributed by atoms with Gasteiger partial charge in [-0.3, -0.25) is 20.0 Å². The number of benzene rings is 2. The van der Waals surface area contributed by atoms with E-state index in [1.165, 1.54) is 11.6 Å². The molecule has 0 unspecified atom stereocenters. The Kier molecular flexibility index (Phi) is 4.67. The van der Waals surface area contributed by atoms with E-state index in [4.69, 9.17) is 4.42 Å². The van der Waals surface area contributed by atoms with E-state index in [2.05, 4.69) is 22.1 Å². The standard InChI is InChI=1S/C20H18N4O3/c25-24(26)20-12-11-19(27-20)18-14-22(13-16-7-3-1-4-8-16)15-23(21-18)17-9-5-2-6-10-17/h1-12H,13-15H2. The topological polar surface area (TPSA) is 75.1 Å². The van der Waals surface area contributed by atoms with Crippen molar-refractivity contribution < 1.29 is 9.34 Å². The molecule has 1 aromatic heterocycles. The summed E-state index contributed by atoms with van der Waals surface area (Å²) in [5.41, 5.74) is 2.81. The molecule has 1 aliphatic heterocycles. The van der Waals surface area contributed by atoms with E-state index in [9.17, 15) is 10.1 Å². The maximum absolute atomic E-state index is 10.9. The number of nitrogens with zero attached hydrogens (tertiary/aromatic N) is 4. The molecule has 3 aromatic rings. The highest BCUT2D eigenvalue weighted by Gasteiger charge is 2.25. The largest absolute Gasteiger partial charge is 0.433 e. The molecule has 0 saturated carbocycles. The van der Waals surface area contributed by atoms with Crippen molar-refractivity contribution in [1.82, 2.24) is 4.90 Å². The smallest absolute Gasteiger partial charge is 0.399 e. The lowest BCUT2D eigenvalue weighted by molar-refractivity contribution is -0.402. The lowest BCUT2D eigenvalue weighted by Crippen LogP contribution is -2.43. The van der Waals surface area contributed by atoms with Crippen LogP contribution in [0.5, 0.6) is 0 Å². The van der Waals surface area contributed by atoms with Gasteiger partial charge in [-0.1, -0.05) is 48.5 Å². The van der Waals surface area contributed by atoms with Gasteiger partial charge < -0.3 is 4.42 Å². The first-order valence-corrected chi connectivity index (χ1v) is 8.60. The van der Waals surface area contributed by atoms with E-state index < -0.39 is 4.92 Å². The molecule has 0 radical (unpaired) electrons. The maximum Gasteiger partial charge on any atom is 0.433 e. The average Bonchev–Trinajstić information content (AvgIpc) is 3.20. The van der Waals surface area contributed by atoms with E-state index in [0.29, 0.717) is 24.7 Å². The van der Waals surface area contributed by atoms with Crippen molar-refractivity contribution in [3.8, 4) is 0 Å². The second-order valence-electron chi connectivity index (χ2n) is 6.29. The Labute approximate surface area is 156 Å². The number of anilines is 1. The molecule has 0 bridgehead atoms. The molecule has 0 spiro atoms. The Balaban J connectivity index is 1.64. The van der Waals surface area contributed by atoms with Crippen LogP contribution in [0.25, 0.3) is 0 Å². The van der Waals surface area contributed by atoms with Crippen molar-refractivity contribution in [3.63, 3.8) is 0 Å². The fraction of sp³-hybridized carbons (Fsp3) is 0.150. The predicted molar refractivity (Wildman–Crippen MR) is 103 cm³/mol. The summed E-state index contributed by atoms with van der Waals surface area (Å²) >= 11 is 0. The number of hydrogen-bond donors (Lipinski definition) is 0.